The fourth-order valence-corrected chi connectivity index (χ4v) is 3.79. The van der Waals surface area contributed by atoms with E-state index in [1.165, 1.54) is 0 Å². The Hall–Kier alpha value is -2.17. The molecule has 5 heteroatoms. The number of likely N-dealkylation sites (tertiary alicyclic amines) is 1. The molecule has 0 spiro atoms. The summed E-state index contributed by atoms with van der Waals surface area (Å²) in [5.74, 6) is -0.511. The summed E-state index contributed by atoms with van der Waals surface area (Å²) >= 11 is 0. The summed E-state index contributed by atoms with van der Waals surface area (Å²) in [5.41, 5.74) is 2.80. The van der Waals surface area contributed by atoms with Crippen molar-refractivity contribution in [3.8, 4) is 0 Å². The number of carbonyl (C=O) groups is 2. The molecule has 2 amide bonds. The van der Waals surface area contributed by atoms with E-state index in [0.29, 0.717) is 31.6 Å². The van der Waals surface area contributed by atoms with Gasteiger partial charge in [0.15, 0.2) is 0 Å². The van der Waals surface area contributed by atoms with Gasteiger partial charge in [0.05, 0.1) is 12.5 Å². The third kappa shape index (κ3) is 4.09. The number of hydrogen-bond acceptors (Lipinski definition) is 2. The standard InChI is InChI=1S/C20H25FN2O2/c1-14-9-15(2)11-17(10-14)20(25)22-7-3-5-16(12-22)19(24)23-8-4-6-18(21)13-23/h6,9-11,16H,3-5,7-8,12-13H2,1-2H3/t16-/m1/s1. The van der Waals surface area contributed by atoms with E-state index >= 15 is 0 Å². The van der Waals surface area contributed by atoms with Crippen LogP contribution in [0.1, 0.15) is 40.7 Å². The van der Waals surface area contributed by atoms with Gasteiger partial charge >= 0.3 is 0 Å². The molecule has 3 rings (SSSR count). The second-order valence-corrected chi connectivity index (χ2v) is 7.17. The first-order valence-corrected chi connectivity index (χ1v) is 8.95. The summed E-state index contributed by atoms with van der Waals surface area (Å²) in [6, 6.07) is 5.83. The molecule has 0 radical (unpaired) electrons. The van der Waals surface area contributed by atoms with Crippen molar-refractivity contribution in [2.45, 2.75) is 33.1 Å². The van der Waals surface area contributed by atoms with Crippen LogP contribution in [0.15, 0.2) is 30.1 Å². The van der Waals surface area contributed by atoms with E-state index in [0.717, 1.165) is 24.0 Å². The van der Waals surface area contributed by atoms with Gasteiger partial charge in [0.2, 0.25) is 5.91 Å². The number of carbonyl (C=O) groups excluding carboxylic acids is 2. The molecule has 2 aliphatic rings. The molecular formula is C20H25FN2O2. The van der Waals surface area contributed by atoms with Crippen LogP contribution in [0.4, 0.5) is 4.39 Å². The SMILES string of the molecule is Cc1cc(C)cc(C(=O)N2CCC[C@@H](C(=O)N3CCC=C(F)C3)C2)c1. The molecule has 0 N–H and O–H groups in total. The van der Waals surface area contributed by atoms with E-state index in [2.05, 4.69) is 0 Å². The first-order valence-electron chi connectivity index (χ1n) is 8.95. The first-order chi connectivity index (χ1) is 11.9. The van der Waals surface area contributed by atoms with Gasteiger partial charge in [0.25, 0.3) is 5.91 Å². The largest absolute Gasteiger partial charge is 0.338 e. The Morgan fingerprint density at radius 3 is 2.48 bits per heavy atom. The highest BCUT2D eigenvalue weighted by atomic mass is 19.1. The highest BCUT2D eigenvalue weighted by Crippen LogP contribution is 2.23. The van der Waals surface area contributed by atoms with Crippen molar-refractivity contribution in [2.75, 3.05) is 26.2 Å². The van der Waals surface area contributed by atoms with Gasteiger partial charge in [-0.15, -0.1) is 0 Å². The summed E-state index contributed by atoms with van der Waals surface area (Å²) in [5, 5.41) is 0. The zero-order valence-corrected chi connectivity index (χ0v) is 14.9. The van der Waals surface area contributed by atoms with Crippen LogP contribution in [-0.2, 0) is 4.79 Å². The average Bonchev–Trinajstić information content (AvgIpc) is 2.59. The lowest BCUT2D eigenvalue weighted by atomic mass is 9.95. The maximum absolute atomic E-state index is 13.5. The van der Waals surface area contributed by atoms with Crippen molar-refractivity contribution in [1.29, 1.82) is 0 Å². The molecule has 0 aromatic heterocycles. The van der Waals surface area contributed by atoms with Crippen LogP contribution in [0.2, 0.25) is 0 Å². The van der Waals surface area contributed by atoms with Crippen LogP contribution in [0, 0.1) is 19.8 Å². The third-order valence-corrected chi connectivity index (χ3v) is 4.94. The van der Waals surface area contributed by atoms with Gasteiger partial charge in [-0.3, -0.25) is 9.59 Å². The Balaban J connectivity index is 1.69. The number of nitrogens with zero attached hydrogens (tertiary/aromatic N) is 2. The summed E-state index contributed by atoms with van der Waals surface area (Å²) in [6.45, 7) is 5.68. The summed E-state index contributed by atoms with van der Waals surface area (Å²) in [4.78, 5) is 28.9. The van der Waals surface area contributed by atoms with E-state index in [4.69, 9.17) is 0 Å². The van der Waals surface area contributed by atoms with Crippen LogP contribution >= 0.6 is 0 Å². The quantitative estimate of drug-likeness (QED) is 0.826. The van der Waals surface area contributed by atoms with Crippen LogP contribution in [-0.4, -0.2) is 47.8 Å². The summed E-state index contributed by atoms with van der Waals surface area (Å²) in [6.07, 6.45) is 3.67. The van der Waals surface area contributed by atoms with E-state index in [1.807, 2.05) is 32.0 Å². The number of halogens is 1. The molecule has 0 aliphatic carbocycles. The fourth-order valence-electron chi connectivity index (χ4n) is 3.79. The number of piperidine rings is 1. The van der Waals surface area contributed by atoms with Gasteiger partial charge in [0.1, 0.15) is 5.83 Å². The monoisotopic (exact) mass is 344 g/mol. The average molecular weight is 344 g/mol. The zero-order valence-electron chi connectivity index (χ0n) is 14.9. The second-order valence-electron chi connectivity index (χ2n) is 7.17. The minimum absolute atomic E-state index is 0.0194. The molecule has 1 fully saturated rings. The van der Waals surface area contributed by atoms with Gasteiger partial charge < -0.3 is 9.80 Å². The summed E-state index contributed by atoms with van der Waals surface area (Å²) in [7, 11) is 0. The van der Waals surface area contributed by atoms with E-state index in [1.54, 1.807) is 15.9 Å². The molecule has 0 bridgehead atoms. The highest BCUT2D eigenvalue weighted by Gasteiger charge is 2.32. The Morgan fingerprint density at radius 1 is 1.08 bits per heavy atom. The molecule has 1 aromatic rings. The molecule has 2 heterocycles. The number of rotatable bonds is 2. The minimum Gasteiger partial charge on any atom is -0.338 e. The lowest BCUT2D eigenvalue weighted by molar-refractivity contribution is -0.137. The third-order valence-electron chi connectivity index (χ3n) is 4.94. The Kier molecular flexibility index (Phi) is 5.21. The molecule has 0 unspecified atom stereocenters. The molecule has 4 nitrogen and oxygen atoms in total. The van der Waals surface area contributed by atoms with E-state index < -0.39 is 0 Å². The topological polar surface area (TPSA) is 40.6 Å². The lowest BCUT2D eigenvalue weighted by Crippen LogP contribution is -2.47. The Labute approximate surface area is 148 Å². The normalized spacial score (nSPS) is 21.1. The van der Waals surface area contributed by atoms with Crippen LogP contribution in [0.5, 0.6) is 0 Å². The maximum atomic E-state index is 13.5. The number of amides is 2. The minimum atomic E-state index is -0.237. The van der Waals surface area contributed by atoms with E-state index in [9.17, 15) is 14.0 Å². The molecule has 0 saturated carbocycles. The maximum Gasteiger partial charge on any atom is 0.253 e. The molecule has 1 saturated heterocycles. The van der Waals surface area contributed by atoms with Crippen LogP contribution in [0.25, 0.3) is 0 Å². The Morgan fingerprint density at radius 2 is 1.80 bits per heavy atom. The van der Waals surface area contributed by atoms with Crippen LogP contribution in [0.3, 0.4) is 0 Å². The van der Waals surface area contributed by atoms with Crippen molar-refractivity contribution in [3.63, 3.8) is 0 Å². The van der Waals surface area contributed by atoms with Gasteiger partial charge in [-0.05, 0) is 51.3 Å². The fraction of sp³-hybridized carbons (Fsp3) is 0.500. The number of hydrogen-bond donors (Lipinski definition) is 0. The molecule has 1 aromatic carbocycles. The second kappa shape index (κ2) is 7.38. The predicted octanol–water partition coefficient (Wildman–Crippen LogP) is 3.24. The Bertz CT molecular complexity index is 693. The molecule has 2 aliphatic heterocycles. The predicted molar refractivity (Wildman–Crippen MR) is 94.9 cm³/mol. The number of aryl methyl sites for hydroxylation is 2. The number of benzene rings is 1. The van der Waals surface area contributed by atoms with Gasteiger partial charge in [0, 0.05) is 25.2 Å². The van der Waals surface area contributed by atoms with Crippen molar-refractivity contribution < 1.29 is 14.0 Å². The van der Waals surface area contributed by atoms with Gasteiger partial charge in [-0.25, -0.2) is 4.39 Å². The smallest absolute Gasteiger partial charge is 0.253 e. The van der Waals surface area contributed by atoms with E-state index in [-0.39, 0.29) is 30.1 Å². The zero-order chi connectivity index (χ0) is 18.0. The first kappa shape index (κ1) is 17.6. The summed E-state index contributed by atoms with van der Waals surface area (Å²) < 4.78 is 13.5. The highest BCUT2D eigenvalue weighted by molar-refractivity contribution is 5.95. The van der Waals surface area contributed by atoms with Crippen molar-refractivity contribution in [3.05, 3.63) is 46.8 Å². The molecule has 25 heavy (non-hydrogen) atoms. The lowest BCUT2D eigenvalue weighted by Gasteiger charge is -2.35. The van der Waals surface area contributed by atoms with Gasteiger partial charge in [-0.2, -0.15) is 0 Å². The molecular weight excluding hydrogens is 319 g/mol. The molecule has 134 valence electrons. The van der Waals surface area contributed by atoms with Crippen LogP contribution < -0.4 is 0 Å². The van der Waals surface area contributed by atoms with Crippen molar-refractivity contribution in [1.82, 2.24) is 9.80 Å². The van der Waals surface area contributed by atoms with Crippen molar-refractivity contribution in [2.24, 2.45) is 5.92 Å². The molecule has 1 atom stereocenters. The van der Waals surface area contributed by atoms with Crippen molar-refractivity contribution >= 4 is 11.8 Å². The van der Waals surface area contributed by atoms with Gasteiger partial charge in [-0.1, -0.05) is 17.2 Å².